The molecule has 2 rings (SSSR count). The minimum absolute atomic E-state index is 0.113. The predicted molar refractivity (Wildman–Crippen MR) is 134 cm³/mol. The average molecular weight is 518 g/mol. The number of ether oxygens (including phenoxy) is 2. The van der Waals surface area contributed by atoms with Gasteiger partial charge in [0.2, 0.25) is 11.8 Å². The zero-order valence-corrected chi connectivity index (χ0v) is 22.1. The third-order valence-electron chi connectivity index (χ3n) is 5.53. The van der Waals surface area contributed by atoms with Crippen LogP contribution < -0.4 is 10.6 Å². The van der Waals surface area contributed by atoms with E-state index < -0.39 is 47.3 Å². The van der Waals surface area contributed by atoms with Crippen LogP contribution in [0.5, 0.6) is 11.8 Å². The van der Waals surface area contributed by atoms with Crippen LogP contribution in [-0.4, -0.2) is 57.7 Å². The topological polar surface area (TPSA) is 167 Å². The van der Waals surface area contributed by atoms with Gasteiger partial charge in [-0.2, -0.15) is 0 Å². The number of benzene rings is 1. The lowest BCUT2D eigenvalue weighted by atomic mass is 9.93. The van der Waals surface area contributed by atoms with Crippen LogP contribution in [0.1, 0.15) is 78.9 Å². The molecule has 1 unspecified atom stereocenters. The number of H-pyrrole nitrogens is 1. The number of hydrogen-bond donors (Lipinski definition) is 5. The molecule has 0 spiro atoms. The van der Waals surface area contributed by atoms with E-state index in [2.05, 4.69) is 15.6 Å². The van der Waals surface area contributed by atoms with Crippen molar-refractivity contribution in [2.24, 2.45) is 5.92 Å². The number of Topliss-reactive ketones (excluding diaryl/α,β-unsaturated/α-hetero) is 1. The van der Waals surface area contributed by atoms with Gasteiger partial charge >= 0.3 is 12.1 Å². The maximum atomic E-state index is 13.2. The smallest absolute Gasteiger partial charge is 0.408 e. The summed E-state index contributed by atoms with van der Waals surface area (Å²) >= 11 is 0. The number of nitrogens with one attached hydrogen (secondary N) is 3. The lowest BCUT2D eigenvalue weighted by Crippen LogP contribution is -2.46. The van der Waals surface area contributed by atoms with Crippen LogP contribution in [0.3, 0.4) is 0 Å². The summed E-state index contributed by atoms with van der Waals surface area (Å²) in [6.07, 6.45) is -1.00. The van der Waals surface area contributed by atoms with Crippen LogP contribution in [0.15, 0.2) is 24.3 Å². The van der Waals surface area contributed by atoms with E-state index in [4.69, 9.17) is 9.47 Å². The maximum absolute atomic E-state index is 13.2. The van der Waals surface area contributed by atoms with Crippen molar-refractivity contribution >= 4 is 23.8 Å². The minimum Gasteiger partial charge on any atom is -0.494 e. The van der Waals surface area contributed by atoms with Gasteiger partial charge in [-0.1, -0.05) is 26.0 Å². The Morgan fingerprint density at radius 3 is 2.05 bits per heavy atom. The first-order valence-electron chi connectivity index (χ1n) is 11.8. The number of aromatic amines is 1. The van der Waals surface area contributed by atoms with E-state index in [0.717, 1.165) is 0 Å². The number of methoxy groups -OCH3 is 1. The molecule has 202 valence electrons. The Hall–Kier alpha value is -4.02. The van der Waals surface area contributed by atoms with Crippen molar-refractivity contribution in [1.82, 2.24) is 15.6 Å². The summed E-state index contributed by atoms with van der Waals surface area (Å²) in [5, 5.41) is 25.2. The summed E-state index contributed by atoms with van der Waals surface area (Å²) in [5.41, 5.74) is 0.0890. The average Bonchev–Trinajstić information content (AvgIpc) is 3.05. The lowest BCUT2D eigenvalue weighted by Gasteiger charge is -2.25. The number of rotatable bonds is 9. The number of aromatic nitrogens is 1. The molecule has 5 N–H and O–H groups in total. The number of amides is 2. The molecule has 0 aliphatic heterocycles. The van der Waals surface area contributed by atoms with Gasteiger partial charge in [0, 0.05) is 5.56 Å². The number of ketones is 1. The molecule has 0 radical (unpaired) electrons. The van der Waals surface area contributed by atoms with Crippen molar-refractivity contribution in [3.63, 3.8) is 0 Å². The zero-order chi connectivity index (χ0) is 28.1. The second kappa shape index (κ2) is 11.8. The predicted octanol–water partition coefficient (Wildman–Crippen LogP) is 3.50. The van der Waals surface area contributed by atoms with Gasteiger partial charge in [-0.3, -0.25) is 14.6 Å². The fraction of sp³-hybridized carbons (Fsp3) is 0.462. The third kappa shape index (κ3) is 7.73. The lowest BCUT2D eigenvalue weighted by molar-refractivity contribution is -0.122. The van der Waals surface area contributed by atoms with Crippen LogP contribution in [0.4, 0.5) is 4.79 Å². The first kappa shape index (κ1) is 29.2. The van der Waals surface area contributed by atoms with Crippen molar-refractivity contribution in [1.29, 1.82) is 0 Å². The second-order valence-corrected chi connectivity index (χ2v) is 9.99. The maximum Gasteiger partial charge on any atom is 0.408 e. The van der Waals surface area contributed by atoms with Crippen molar-refractivity contribution < 1.29 is 38.9 Å². The van der Waals surface area contributed by atoms with E-state index in [1.54, 1.807) is 46.8 Å². The highest BCUT2D eigenvalue weighted by Gasteiger charge is 2.32. The van der Waals surface area contributed by atoms with Gasteiger partial charge < -0.3 is 30.3 Å². The highest BCUT2D eigenvalue weighted by molar-refractivity contribution is 6.05. The molecule has 0 aliphatic carbocycles. The van der Waals surface area contributed by atoms with Gasteiger partial charge in [0.1, 0.15) is 5.60 Å². The molecular weight excluding hydrogens is 482 g/mol. The number of carbonyl (C=O) groups is 4. The molecular formula is C26H35N3O8. The Labute approximate surface area is 215 Å². The van der Waals surface area contributed by atoms with Crippen LogP contribution in [0, 0.1) is 12.8 Å². The first-order chi connectivity index (χ1) is 17.1. The highest BCUT2D eigenvalue weighted by Crippen LogP contribution is 2.30. The highest BCUT2D eigenvalue weighted by atomic mass is 16.6. The van der Waals surface area contributed by atoms with Crippen LogP contribution in [0.25, 0.3) is 0 Å². The SMILES string of the molecule is COC(=O)c1ccc(C(CC(=O)N[C@H](C(=O)c2c(O)[nH]c(O)c2C)C(C)C)NC(=O)OC(C)(C)C)cc1. The summed E-state index contributed by atoms with van der Waals surface area (Å²) in [5.74, 6) is -2.85. The van der Waals surface area contributed by atoms with Crippen molar-refractivity contribution in [3.05, 3.63) is 46.5 Å². The fourth-order valence-corrected chi connectivity index (χ4v) is 3.65. The third-order valence-corrected chi connectivity index (χ3v) is 5.53. The molecule has 2 amide bonds. The number of aromatic hydroxyl groups is 2. The number of alkyl carbamates (subject to hydrolysis) is 1. The molecule has 0 saturated heterocycles. The molecule has 1 aromatic carbocycles. The van der Waals surface area contributed by atoms with E-state index in [-0.39, 0.29) is 29.3 Å². The standard InChI is InChI=1S/C26H35N3O8/c1-13(2)20(21(31)19-14(3)22(32)29-23(19)33)28-18(30)12-17(27-25(35)37-26(4,5)6)15-8-10-16(11-9-15)24(34)36-7/h8-11,13,17,20,29,32-33H,12H2,1-7H3,(H,27,35)(H,28,30)/t17?,20-/m0/s1. The van der Waals surface area contributed by atoms with E-state index in [9.17, 15) is 29.4 Å². The Kier molecular flexibility index (Phi) is 9.32. The Morgan fingerprint density at radius 1 is 1.00 bits per heavy atom. The summed E-state index contributed by atoms with van der Waals surface area (Å²) < 4.78 is 10.0. The monoisotopic (exact) mass is 517 g/mol. The summed E-state index contributed by atoms with van der Waals surface area (Å²) in [6, 6.07) is 4.31. The normalized spacial score (nSPS) is 13.0. The molecule has 37 heavy (non-hydrogen) atoms. The molecule has 1 heterocycles. The molecule has 2 atom stereocenters. The largest absolute Gasteiger partial charge is 0.494 e. The number of hydrogen-bond acceptors (Lipinski definition) is 8. The molecule has 0 bridgehead atoms. The van der Waals surface area contributed by atoms with Gasteiger partial charge in [-0.25, -0.2) is 9.59 Å². The summed E-state index contributed by atoms with van der Waals surface area (Å²) in [6.45, 7) is 10.0. The Morgan fingerprint density at radius 2 is 1.59 bits per heavy atom. The Balaban J connectivity index is 2.29. The van der Waals surface area contributed by atoms with Crippen LogP contribution >= 0.6 is 0 Å². The summed E-state index contributed by atoms with van der Waals surface area (Å²) in [7, 11) is 1.26. The van der Waals surface area contributed by atoms with Gasteiger partial charge in [-0.05, 0) is 51.3 Å². The van der Waals surface area contributed by atoms with Gasteiger partial charge in [0.15, 0.2) is 11.7 Å². The zero-order valence-electron chi connectivity index (χ0n) is 22.1. The van der Waals surface area contributed by atoms with Gasteiger partial charge in [-0.15, -0.1) is 0 Å². The summed E-state index contributed by atoms with van der Waals surface area (Å²) in [4.78, 5) is 52.8. The van der Waals surface area contributed by atoms with Crippen molar-refractivity contribution in [2.75, 3.05) is 7.11 Å². The van der Waals surface area contributed by atoms with Gasteiger partial charge in [0.25, 0.3) is 0 Å². The van der Waals surface area contributed by atoms with Gasteiger partial charge in [0.05, 0.1) is 36.7 Å². The van der Waals surface area contributed by atoms with Crippen LogP contribution in [0.2, 0.25) is 0 Å². The first-order valence-corrected chi connectivity index (χ1v) is 11.8. The molecule has 1 aromatic heterocycles. The fourth-order valence-electron chi connectivity index (χ4n) is 3.65. The minimum atomic E-state index is -1.02. The van der Waals surface area contributed by atoms with E-state index in [1.807, 2.05) is 0 Å². The molecule has 2 aromatic rings. The van der Waals surface area contributed by atoms with E-state index >= 15 is 0 Å². The Bertz CT molecular complexity index is 1150. The molecule has 0 fully saturated rings. The number of carbonyl (C=O) groups excluding carboxylic acids is 4. The number of esters is 1. The van der Waals surface area contributed by atoms with Crippen molar-refractivity contribution in [3.8, 4) is 11.8 Å². The van der Waals surface area contributed by atoms with Crippen LogP contribution in [-0.2, 0) is 14.3 Å². The second-order valence-electron chi connectivity index (χ2n) is 9.99. The molecule has 11 nitrogen and oxygen atoms in total. The molecule has 0 aliphatic rings. The molecule has 0 saturated carbocycles. The quantitative estimate of drug-likeness (QED) is 0.249. The van der Waals surface area contributed by atoms with E-state index in [1.165, 1.54) is 26.2 Å². The van der Waals surface area contributed by atoms with E-state index in [0.29, 0.717) is 11.1 Å². The van der Waals surface area contributed by atoms with Crippen molar-refractivity contribution in [2.45, 2.75) is 65.6 Å². The molecule has 11 heteroatoms.